The fourth-order valence-corrected chi connectivity index (χ4v) is 4.17. The molecular formula is C15H23N4O5S+. The van der Waals surface area contributed by atoms with E-state index in [4.69, 9.17) is 11.5 Å². The Morgan fingerprint density at radius 3 is 2.60 bits per heavy atom. The van der Waals surface area contributed by atoms with Crippen molar-refractivity contribution in [3.8, 4) is 0 Å². The fourth-order valence-electron chi connectivity index (χ4n) is 2.92. The van der Waals surface area contributed by atoms with Crippen molar-refractivity contribution in [2.75, 3.05) is 27.2 Å². The number of aliphatic hydroxyl groups is 1. The second-order valence-corrected chi connectivity index (χ2v) is 7.88. The first-order chi connectivity index (χ1) is 11.6. The monoisotopic (exact) mass is 371 g/mol. The van der Waals surface area contributed by atoms with Crippen LogP contribution in [-0.2, 0) is 14.4 Å². The van der Waals surface area contributed by atoms with Crippen molar-refractivity contribution in [1.29, 1.82) is 0 Å². The van der Waals surface area contributed by atoms with Gasteiger partial charge in [-0.1, -0.05) is 6.08 Å². The number of nitrogens with two attached hydrogens (primary N) is 2. The van der Waals surface area contributed by atoms with Gasteiger partial charge in [0, 0.05) is 5.57 Å². The highest BCUT2D eigenvalue weighted by atomic mass is 32.2. The predicted molar refractivity (Wildman–Crippen MR) is 91.7 cm³/mol. The number of aliphatic hydroxyl groups excluding tert-OH is 1. The number of carbonyl (C=O) groups is 3. The average molecular weight is 371 g/mol. The van der Waals surface area contributed by atoms with Crippen LogP contribution in [0.4, 0.5) is 0 Å². The van der Waals surface area contributed by atoms with E-state index in [1.807, 2.05) is 0 Å². The molecule has 0 saturated carbocycles. The lowest BCUT2D eigenvalue weighted by atomic mass is 10.1. The van der Waals surface area contributed by atoms with Crippen molar-refractivity contribution in [1.82, 2.24) is 4.90 Å². The summed E-state index contributed by atoms with van der Waals surface area (Å²) in [6.07, 6.45) is 3.53. The van der Waals surface area contributed by atoms with Gasteiger partial charge in [0.2, 0.25) is 5.91 Å². The average Bonchev–Trinajstić information content (AvgIpc) is 2.47. The van der Waals surface area contributed by atoms with Gasteiger partial charge < -0.3 is 26.2 Å². The van der Waals surface area contributed by atoms with E-state index in [1.165, 1.54) is 16.7 Å². The van der Waals surface area contributed by atoms with Crippen LogP contribution >= 0.6 is 11.8 Å². The summed E-state index contributed by atoms with van der Waals surface area (Å²) in [4.78, 5) is 36.0. The molecule has 2 aliphatic heterocycles. The first kappa shape index (κ1) is 19.4. The third-order valence-electron chi connectivity index (χ3n) is 4.45. The lowest BCUT2D eigenvalue weighted by Crippen LogP contribution is -2.57. The molecule has 9 nitrogen and oxygen atoms in total. The first-order valence-corrected chi connectivity index (χ1v) is 8.64. The molecule has 0 radical (unpaired) electrons. The Labute approximate surface area is 149 Å². The Kier molecular flexibility index (Phi) is 5.57. The zero-order chi connectivity index (χ0) is 18.9. The van der Waals surface area contributed by atoms with Crippen molar-refractivity contribution in [2.45, 2.75) is 23.2 Å². The van der Waals surface area contributed by atoms with Crippen LogP contribution in [0.25, 0.3) is 0 Å². The highest BCUT2D eigenvalue weighted by molar-refractivity contribution is 8.00. The summed E-state index contributed by atoms with van der Waals surface area (Å²) in [6.45, 7) is -0.0715. The molecule has 3 atom stereocenters. The second-order valence-electron chi connectivity index (χ2n) is 6.55. The van der Waals surface area contributed by atoms with Crippen LogP contribution in [0.1, 0.15) is 6.42 Å². The van der Waals surface area contributed by atoms with Crippen molar-refractivity contribution < 1.29 is 29.1 Å². The van der Waals surface area contributed by atoms with Crippen LogP contribution in [0.15, 0.2) is 23.4 Å². The summed E-state index contributed by atoms with van der Waals surface area (Å²) < 4.78 is 0.103. The minimum atomic E-state index is -1.20. The lowest BCUT2D eigenvalue weighted by Gasteiger charge is -2.45. The van der Waals surface area contributed by atoms with Gasteiger partial charge >= 0.3 is 5.97 Å². The Hall–Kier alpha value is -1.88. The van der Waals surface area contributed by atoms with Gasteiger partial charge in [0.05, 0.1) is 37.8 Å². The zero-order valence-electron chi connectivity index (χ0n) is 14.1. The Morgan fingerprint density at radius 2 is 2.12 bits per heavy atom. The van der Waals surface area contributed by atoms with Crippen molar-refractivity contribution in [3.63, 3.8) is 0 Å². The number of β-lactam (4-membered cyclic amide) rings is 1. The number of rotatable bonds is 7. The standard InChI is InChI=1S/C15H22N4O5S/c1-19(2,9(7-20)13(16)22)5-3-4-8-12(15(23)24)18-10(21)6-11(18)25-14(8)17/h3-4,9,11,14,20H,5-7,17H2,1-2H3,(H2-,16,22,23,24)/p+1/b4-3+/t9-,11-,14?/m1/s1. The van der Waals surface area contributed by atoms with Gasteiger partial charge in [-0.15, -0.1) is 11.8 Å². The number of hydrogen-bond donors (Lipinski definition) is 4. The number of nitrogens with zero attached hydrogens (tertiary/aromatic N) is 2. The van der Waals surface area contributed by atoms with E-state index in [0.29, 0.717) is 12.1 Å². The van der Waals surface area contributed by atoms with Gasteiger partial charge in [-0.25, -0.2) is 4.79 Å². The molecule has 2 amide bonds. The number of thioether (sulfide) groups is 1. The maximum Gasteiger partial charge on any atom is 0.353 e. The fraction of sp³-hybridized carbons (Fsp3) is 0.533. The SMILES string of the molecule is C[N+](C)(C/C=C/C1=C(C(=O)O)N2C(=O)C[C@H]2SC1N)[C@H](CO)C(N)=O. The summed E-state index contributed by atoms with van der Waals surface area (Å²) in [5.74, 6) is -2.06. The highest BCUT2D eigenvalue weighted by Gasteiger charge is 2.47. The van der Waals surface area contributed by atoms with Crippen LogP contribution in [0, 0.1) is 0 Å². The molecule has 0 aromatic carbocycles. The third kappa shape index (κ3) is 3.71. The van der Waals surface area contributed by atoms with E-state index in [-0.39, 0.29) is 27.9 Å². The van der Waals surface area contributed by atoms with E-state index >= 15 is 0 Å². The number of carboxylic acid groups (broad SMARTS) is 1. The Bertz CT molecular complexity index is 660. The number of primary amides is 1. The molecule has 1 unspecified atom stereocenters. The van der Waals surface area contributed by atoms with Crippen molar-refractivity contribution in [3.05, 3.63) is 23.4 Å². The van der Waals surface area contributed by atoms with E-state index in [1.54, 1.807) is 26.2 Å². The van der Waals surface area contributed by atoms with E-state index in [2.05, 4.69) is 0 Å². The van der Waals surface area contributed by atoms with Gasteiger partial charge in [-0.05, 0) is 6.08 Å². The second kappa shape index (κ2) is 7.16. The molecule has 2 heterocycles. The molecule has 10 heteroatoms. The molecule has 0 bridgehead atoms. The summed E-state index contributed by atoms with van der Waals surface area (Å²) in [7, 11) is 3.46. The maximum atomic E-state index is 11.7. The molecule has 6 N–H and O–H groups in total. The molecule has 2 aliphatic rings. The van der Waals surface area contributed by atoms with E-state index < -0.39 is 29.9 Å². The van der Waals surface area contributed by atoms with Gasteiger partial charge in [0.1, 0.15) is 12.3 Å². The molecule has 25 heavy (non-hydrogen) atoms. The Morgan fingerprint density at radius 1 is 1.48 bits per heavy atom. The van der Waals surface area contributed by atoms with Crippen LogP contribution in [-0.4, -0.2) is 81.4 Å². The molecule has 138 valence electrons. The number of carboxylic acids is 1. The molecular weight excluding hydrogens is 348 g/mol. The van der Waals surface area contributed by atoms with Gasteiger partial charge in [0.25, 0.3) is 5.91 Å². The maximum absolute atomic E-state index is 11.7. The normalized spacial score (nSPS) is 25.0. The molecule has 0 aromatic heterocycles. The number of quaternary nitrogens is 1. The number of aliphatic carboxylic acids is 1. The molecule has 1 saturated heterocycles. The van der Waals surface area contributed by atoms with Crippen LogP contribution in [0.5, 0.6) is 0 Å². The first-order valence-electron chi connectivity index (χ1n) is 7.70. The predicted octanol–water partition coefficient (Wildman–Crippen LogP) is -1.61. The van der Waals surface area contributed by atoms with Crippen LogP contribution in [0.2, 0.25) is 0 Å². The molecule has 0 aliphatic carbocycles. The minimum Gasteiger partial charge on any atom is -0.477 e. The number of hydrogen-bond acceptors (Lipinski definition) is 6. The summed E-state index contributed by atoms with van der Waals surface area (Å²) in [5.41, 5.74) is 11.6. The van der Waals surface area contributed by atoms with Crippen molar-refractivity contribution >= 4 is 29.5 Å². The van der Waals surface area contributed by atoms with Crippen LogP contribution in [0.3, 0.4) is 0 Å². The van der Waals surface area contributed by atoms with E-state index in [9.17, 15) is 24.6 Å². The number of likely N-dealkylation sites (N-methyl/N-ethyl adjacent to an activating group) is 1. The van der Waals surface area contributed by atoms with E-state index in [0.717, 1.165) is 0 Å². The molecule has 1 fully saturated rings. The van der Waals surface area contributed by atoms with Gasteiger partial charge in [-0.2, -0.15) is 0 Å². The minimum absolute atomic E-state index is 0.0948. The lowest BCUT2D eigenvalue weighted by molar-refractivity contribution is -0.900. The highest BCUT2D eigenvalue weighted by Crippen LogP contribution is 2.42. The third-order valence-corrected chi connectivity index (χ3v) is 5.69. The molecule has 2 rings (SSSR count). The number of carbonyl (C=O) groups excluding carboxylic acids is 2. The van der Waals surface area contributed by atoms with Gasteiger partial charge in [-0.3, -0.25) is 14.5 Å². The summed E-state index contributed by atoms with van der Waals surface area (Å²) in [6, 6.07) is -0.784. The summed E-state index contributed by atoms with van der Waals surface area (Å²) >= 11 is 1.33. The topological polar surface area (TPSA) is 147 Å². The van der Waals surface area contributed by atoms with Gasteiger partial charge in [0.15, 0.2) is 6.04 Å². The molecule has 0 aromatic rings. The summed E-state index contributed by atoms with van der Waals surface area (Å²) in [5, 5.41) is 18.0. The Balaban J connectivity index is 2.25. The van der Waals surface area contributed by atoms with Crippen molar-refractivity contribution in [2.24, 2.45) is 11.5 Å². The molecule has 0 spiro atoms. The largest absolute Gasteiger partial charge is 0.477 e. The quantitative estimate of drug-likeness (QED) is 0.311. The zero-order valence-corrected chi connectivity index (χ0v) is 14.9. The number of fused-ring (bicyclic) bond motifs is 1. The smallest absolute Gasteiger partial charge is 0.353 e. The number of amides is 2. The van der Waals surface area contributed by atoms with Crippen LogP contribution < -0.4 is 11.5 Å².